The van der Waals surface area contributed by atoms with Gasteiger partial charge >= 0.3 is 0 Å². The molecule has 0 fully saturated rings. The minimum Gasteiger partial charge on any atom is -0.380 e. The number of hydrogen-bond acceptors (Lipinski definition) is 2. The van der Waals surface area contributed by atoms with Gasteiger partial charge in [-0.05, 0) is 29.5 Å². The minimum absolute atomic E-state index is 0.713. The first-order valence-corrected chi connectivity index (χ1v) is 5.15. The number of ether oxygens (including phenoxy) is 1. The van der Waals surface area contributed by atoms with Crippen LogP contribution in [0.5, 0.6) is 0 Å². The van der Waals surface area contributed by atoms with Crippen LogP contribution in [0.15, 0.2) is 23.6 Å². The molecule has 0 saturated heterocycles. The predicted molar refractivity (Wildman–Crippen MR) is 57.3 cm³/mol. The maximum absolute atomic E-state index is 5.16. The molecule has 0 atom stereocenters. The van der Waals surface area contributed by atoms with Gasteiger partial charge in [-0.2, -0.15) is 0 Å². The van der Waals surface area contributed by atoms with Gasteiger partial charge in [0.1, 0.15) is 0 Å². The van der Waals surface area contributed by atoms with E-state index < -0.39 is 0 Å². The topological polar surface area (TPSA) is 9.23 Å². The molecule has 0 unspecified atom stereocenters. The van der Waals surface area contributed by atoms with E-state index in [9.17, 15) is 0 Å². The molecule has 13 heavy (non-hydrogen) atoms. The van der Waals surface area contributed by atoms with Gasteiger partial charge in [-0.15, -0.1) is 11.3 Å². The summed E-state index contributed by atoms with van der Waals surface area (Å²) in [6.07, 6.45) is 0. The summed E-state index contributed by atoms with van der Waals surface area (Å²) in [6.45, 7) is 2.86. The molecule has 0 aliphatic carbocycles. The predicted octanol–water partition coefficient (Wildman–Crippen LogP) is 3.36. The second-order valence-corrected chi connectivity index (χ2v) is 4.05. The summed E-state index contributed by atoms with van der Waals surface area (Å²) >= 11 is 1.79. The van der Waals surface area contributed by atoms with Crippen LogP contribution in [-0.2, 0) is 11.3 Å². The normalized spacial score (nSPS) is 10.9. The smallest absolute Gasteiger partial charge is 0.0727 e. The van der Waals surface area contributed by atoms with E-state index >= 15 is 0 Å². The summed E-state index contributed by atoms with van der Waals surface area (Å²) in [6, 6.07) is 6.41. The first kappa shape index (κ1) is 8.73. The van der Waals surface area contributed by atoms with Gasteiger partial charge in [-0.3, -0.25) is 0 Å². The van der Waals surface area contributed by atoms with Crippen molar-refractivity contribution >= 4 is 21.4 Å². The van der Waals surface area contributed by atoms with Crippen molar-refractivity contribution in [2.45, 2.75) is 13.5 Å². The van der Waals surface area contributed by atoms with Crippen molar-refractivity contribution in [1.29, 1.82) is 0 Å². The number of methoxy groups -OCH3 is 1. The molecule has 0 saturated carbocycles. The number of thiophene rings is 1. The van der Waals surface area contributed by atoms with Crippen molar-refractivity contribution in [2.75, 3.05) is 7.11 Å². The number of benzene rings is 1. The molecule has 1 aromatic heterocycles. The highest BCUT2D eigenvalue weighted by molar-refractivity contribution is 7.17. The van der Waals surface area contributed by atoms with E-state index in [-0.39, 0.29) is 0 Å². The van der Waals surface area contributed by atoms with Gasteiger partial charge in [0.05, 0.1) is 6.61 Å². The van der Waals surface area contributed by atoms with Crippen LogP contribution >= 0.6 is 11.3 Å². The van der Waals surface area contributed by atoms with E-state index in [1.165, 1.54) is 21.2 Å². The molecule has 1 nitrogen and oxygen atoms in total. The quantitative estimate of drug-likeness (QED) is 0.709. The average molecular weight is 192 g/mol. The van der Waals surface area contributed by atoms with Crippen molar-refractivity contribution in [2.24, 2.45) is 0 Å². The molecule has 2 heteroatoms. The Kier molecular flexibility index (Phi) is 2.34. The largest absolute Gasteiger partial charge is 0.380 e. The van der Waals surface area contributed by atoms with Gasteiger partial charge in [0.15, 0.2) is 0 Å². The zero-order chi connectivity index (χ0) is 9.26. The van der Waals surface area contributed by atoms with Gasteiger partial charge in [0, 0.05) is 17.2 Å². The van der Waals surface area contributed by atoms with Crippen LogP contribution in [0, 0.1) is 6.92 Å². The van der Waals surface area contributed by atoms with E-state index in [0.717, 1.165) is 0 Å². The first-order chi connectivity index (χ1) is 6.33. The molecule has 0 bridgehead atoms. The Hall–Kier alpha value is -0.860. The van der Waals surface area contributed by atoms with E-state index in [4.69, 9.17) is 4.74 Å². The van der Waals surface area contributed by atoms with Gasteiger partial charge in [-0.1, -0.05) is 12.1 Å². The lowest BCUT2D eigenvalue weighted by Crippen LogP contribution is -1.85. The average Bonchev–Trinajstić information content (AvgIpc) is 2.51. The van der Waals surface area contributed by atoms with Crippen LogP contribution in [0.3, 0.4) is 0 Å². The lowest BCUT2D eigenvalue weighted by atomic mass is 10.1. The molecule has 1 heterocycles. The molecule has 0 radical (unpaired) electrons. The fourth-order valence-corrected chi connectivity index (χ4v) is 2.63. The first-order valence-electron chi connectivity index (χ1n) is 4.27. The van der Waals surface area contributed by atoms with Crippen molar-refractivity contribution in [1.82, 2.24) is 0 Å². The Morgan fingerprint density at radius 1 is 1.38 bits per heavy atom. The molecular formula is C11H12OS. The molecule has 1 aromatic carbocycles. The third-order valence-electron chi connectivity index (χ3n) is 2.18. The second kappa shape index (κ2) is 3.48. The molecule has 0 spiro atoms. The monoisotopic (exact) mass is 192 g/mol. The molecule has 0 amide bonds. The third-order valence-corrected chi connectivity index (χ3v) is 3.18. The van der Waals surface area contributed by atoms with E-state index in [1.54, 1.807) is 18.4 Å². The van der Waals surface area contributed by atoms with Gasteiger partial charge in [0.2, 0.25) is 0 Å². The molecule has 0 aliphatic heterocycles. The summed E-state index contributed by atoms with van der Waals surface area (Å²) in [5.74, 6) is 0. The Morgan fingerprint density at radius 2 is 2.23 bits per heavy atom. The molecule has 68 valence electrons. The van der Waals surface area contributed by atoms with Crippen molar-refractivity contribution in [3.8, 4) is 0 Å². The van der Waals surface area contributed by atoms with Gasteiger partial charge in [-0.25, -0.2) is 0 Å². The SMILES string of the molecule is COCc1csc2cccc(C)c12. The van der Waals surface area contributed by atoms with Crippen molar-refractivity contribution in [3.05, 3.63) is 34.7 Å². The summed E-state index contributed by atoms with van der Waals surface area (Å²) in [5, 5.41) is 3.55. The fraction of sp³-hybridized carbons (Fsp3) is 0.273. The molecular weight excluding hydrogens is 180 g/mol. The van der Waals surface area contributed by atoms with Crippen LogP contribution in [0.2, 0.25) is 0 Å². The van der Waals surface area contributed by atoms with Crippen molar-refractivity contribution in [3.63, 3.8) is 0 Å². The highest BCUT2D eigenvalue weighted by atomic mass is 32.1. The summed E-state index contributed by atoms with van der Waals surface area (Å²) in [7, 11) is 1.74. The molecule has 0 N–H and O–H groups in total. The number of rotatable bonds is 2. The standard InChI is InChI=1S/C11H12OS/c1-8-4-3-5-10-11(8)9(6-12-2)7-13-10/h3-5,7H,6H2,1-2H3. The maximum atomic E-state index is 5.16. The van der Waals surface area contributed by atoms with Crippen LogP contribution in [0.1, 0.15) is 11.1 Å². The van der Waals surface area contributed by atoms with Crippen LogP contribution in [0.25, 0.3) is 10.1 Å². The Balaban J connectivity index is 2.64. The summed E-state index contributed by atoms with van der Waals surface area (Å²) < 4.78 is 6.51. The highest BCUT2D eigenvalue weighted by Gasteiger charge is 2.04. The van der Waals surface area contributed by atoms with Gasteiger partial charge < -0.3 is 4.74 Å². The zero-order valence-electron chi connectivity index (χ0n) is 7.83. The third kappa shape index (κ3) is 1.47. The molecule has 2 aromatic rings. The Bertz CT molecular complexity index is 417. The van der Waals surface area contributed by atoms with Crippen LogP contribution in [0.4, 0.5) is 0 Å². The fourth-order valence-electron chi connectivity index (χ4n) is 1.61. The zero-order valence-corrected chi connectivity index (χ0v) is 8.65. The van der Waals surface area contributed by atoms with Crippen molar-refractivity contribution < 1.29 is 4.74 Å². The molecule has 2 rings (SSSR count). The lowest BCUT2D eigenvalue weighted by molar-refractivity contribution is 0.186. The lowest BCUT2D eigenvalue weighted by Gasteiger charge is -2.00. The highest BCUT2D eigenvalue weighted by Crippen LogP contribution is 2.28. The summed E-state index contributed by atoms with van der Waals surface area (Å²) in [5.41, 5.74) is 2.64. The maximum Gasteiger partial charge on any atom is 0.0727 e. The second-order valence-electron chi connectivity index (χ2n) is 3.14. The Labute approximate surface area is 82.0 Å². The summed E-state index contributed by atoms with van der Waals surface area (Å²) in [4.78, 5) is 0. The Morgan fingerprint density at radius 3 is 3.00 bits per heavy atom. The van der Waals surface area contributed by atoms with E-state index in [2.05, 4.69) is 30.5 Å². The van der Waals surface area contributed by atoms with Crippen LogP contribution < -0.4 is 0 Å². The minimum atomic E-state index is 0.713. The van der Waals surface area contributed by atoms with Crippen LogP contribution in [-0.4, -0.2) is 7.11 Å². The van der Waals surface area contributed by atoms with Gasteiger partial charge in [0.25, 0.3) is 0 Å². The van der Waals surface area contributed by atoms with E-state index in [1.807, 2.05) is 0 Å². The molecule has 0 aliphatic rings. The number of fused-ring (bicyclic) bond motifs is 1. The number of aryl methyl sites for hydroxylation is 1. The van der Waals surface area contributed by atoms with E-state index in [0.29, 0.717) is 6.61 Å². The number of hydrogen-bond donors (Lipinski definition) is 0.